The van der Waals surface area contributed by atoms with E-state index in [0.29, 0.717) is 18.4 Å². The number of halogens is 2. The van der Waals surface area contributed by atoms with Gasteiger partial charge in [-0.15, -0.1) is 0 Å². The third kappa shape index (κ3) is 3.04. The lowest BCUT2D eigenvalue weighted by Gasteiger charge is -2.29. The molecule has 0 aromatic heterocycles. The zero-order valence-corrected chi connectivity index (χ0v) is 13.4. The van der Waals surface area contributed by atoms with Gasteiger partial charge in [-0.05, 0) is 60.6 Å². The molecule has 0 saturated heterocycles. The van der Waals surface area contributed by atoms with Gasteiger partial charge < -0.3 is 5.11 Å². The van der Waals surface area contributed by atoms with Gasteiger partial charge in [0.05, 0.1) is 5.60 Å². The number of rotatable bonds is 2. The Kier molecular flexibility index (Phi) is 4.14. The van der Waals surface area contributed by atoms with Crippen LogP contribution < -0.4 is 0 Å². The fraction of sp³-hybridized carbons (Fsp3) is 0.333. The number of benzene rings is 2. The van der Waals surface area contributed by atoms with Crippen molar-refractivity contribution in [3.8, 4) is 0 Å². The molecule has 1 unspecified atom stereocenters. The molecule has 21 heavy (non-hydrogen) atoms. The summed E-state index contributed by atoms with van der Waals surface area (Å²) in [5.41, 5.74) is 1.73. The van der Waals surface area contributed by atoms with Gasteiger partial charge in [-0.2, -0.15) is 0 Å². The van der Waals surface area contributed by atoms with Gasteiger partial charge >= 0.3 is 0 Å². The zero-order chi connectivity index (χ0) is 14.9. The molecule has 0 radical (unpaired) electrons. The van der Waals surface area contributed by atoms with Gasteiger partial charge in [-0.3, -0.25) is 0 Å². The predicted molar refractivity (Wildman–Crippen MR) is 85.7 cm³/mol. The first kappa shape index (κ1) is 14.7. The topological polar surface area (TPSA) is 20.2 Å². The van der Waals surface area contributed by atoms with Crippen LogP contribution in [-0.4, -0.2) is 5.11 Å². The van der Waals surface area contributed by atoms with E-state index in [-0.39, 0.29) is 5.82 Å². The highest BCUT2D eigenvalue weighted by Crippen LogP contribution is 2.37. The minimum atomic E-state index is -0.977. The van der Waals surface area contributed by atoms with Crippen molar-refractivity contribution in [3.63, 3.8) is 0 Å². The average molecular weight is 349 g/mol. The van der Waals surface area contributed by atoms with Crippen LogP contribution in [0, 0.1) is 5.82 Å². The molecule has 0 heterocycles. The van der Waals surface area contributed by atoms with Crippen molar-refractivity contribution in [2.75, 3.05) is 0 Å². The van der Waals surface area contributed by atoms with E-state index in [1.165, 1.54) is 11.6 Å². The summed E-state index contributed by atoms with van der Waals surface area (Å²) in [4.78, 5) is 0. The Morgan fingerprint density at radius 1 is 1.14 bits per heavy atom. The molecule has 1 atom stereocenters. The zero-order valence-electron chi connectivity index (χ0n) is 11.8. The Balaban J connectivity index is 2.02. The minimum absolute atomic E-state index is 0.256. The van der Waals surface area contributed by atoms with E-state index < -0.39 is 5.60 Å². The molecule has 0 aliphatic heterocycles. The summed E-state index contributed by atoms with van der Waals surface area (Å²) in [5, 5.41) is 11.2. The molecule has 1 aliphatic rings. The molecule has 2 aromatic rings. The molecule has 1 N–H and O–H groups in total. The van der Waals surface area contributed by atoms with E-state index >= 15 is 0 Å². The highest BCUT2D eigenvalue weighted by molar-refractivity contribution is 9.10. The van der Waals surface area contributed by atoms with E-state index in [9.17, 15) is 9.50 Å². The second kappa shape index (κ2) is 5.90. The molecule has 3 rings (SSSR count). The van der Waals surface area contributed by atoms with Crippen molar-refractivity contribution < 1.29 is 9.50 Å². The molecule has 0 amide bonds. The van der Waals surface area contributed by atoms with E-state index in [0.717, 1.165) is 29.3 Å². The van der Waals surface area contributed by atoms with Crippen molar-refractivity contribution in [1.82, 2.24) is 0 Å². The van der Waals surface area contributed by atoms with Crippen LogP contribution in [0.25, 0.3) is 0 Å². The smallest absolute Gasteiger partial charge is 0.126 e. The number of aliphatic hydroxyl groups is 1. The van der Waals surface area contributed by atoms with Crippen LogP contribution in [0.2, 0.25) is 0 Å². The summed E-state index contributed by atoms with van der Waals surface area (Å²) in [7, 11) is 0. The van der Waals surface area contributed by atoms with Gasteiger partial charge in [-0.25, -0.2) is 4.39 Å². The van der Waals surface area contributed by atoms with E-state index in [2.05, 4.69) is 22.0 Å². The van der Waals surface area contributed by atoms with Gasteiger partial charge in [0, 0.05) is 10.9 Å². The molecule has 0 saturated carbocycles. The van der Waals surface area contributed by atoms with Crippen molar-refractivity contribution in [3.05, 3.63) is 69.4 Å². The van der Waals surface area contributed by atoms with Crippen LogP contribution in [0.1, 0.15) is 36.0 Å². The fourth-order valence-electron chi connectivity index (χ4n) is 3.24. The first-order valence-electron chi connectivity index (χ1n) is 7.33. The second-order valence-electron chi connectivity index (χ2n) is 5.81. The van der Waals surface area contributed by atoms with Gasteiger partial charge in [0.25, 0.3) is 0 Å². The summed E-state index contributed by atoms with van der Waals surface area (Å²) >= 11 is 3.38. The monoisotopic (exact) mass is 348 g/mol. The molecule has 0 bridgehead atoms. The van der Waals surface area contributed by atoms with Crippen LogP contribution in [-0.2, 0) is 18.4 Å². The molecular formula is C18H18BrFO. The maximum absolute atomic E-state index is 14.0. The SMILES string of the molecule is OC1(Cc2cc(Br)ccc2F)CCCCc2ccccc21. The van der Waals surface area contributed by atoms with Gasteiger partial charge in [0.2, 0.25) is 0 Å². The third-order valence-electron chi connectivity index (χ3n) is 4.30. The summed E-state index contributed by atoms with van der Waals surface area (Å²) in [6, 6.07) is 12.9. The lowest BCUT2D eigenvalue weighted by Crippen LogP contribution is -2.29. The average Bonchev–Trinajstić information content (AvgIpc) is 2.63. The van der Waals surface area contributed by atoms with E-state index in [1.807, 2.05) is 18.2 Å². The van der Waals surface area contributed by atoms with Crippen LogP contribution in [0.4, 0.5) is 4.39 Å². The number of fused-ring (bicyclic) bond motifs is 1. The summed E-state index contributed by atoms with van der Waals surface area (Å²) < 4.78 is 14.9. The highest BCUT2D eigenvalue weighted by Gasteiger charge is 2.33. The Labute approximate surface area is 132 Å². The maximum Gasteiger partial charge on any atom is 0.126 e. The third-order valence-corrected chi connectivity index (χ3v) is 4.79. The van der Waals surface area contributed by atoms with E-state index in [4.69, 9.17) is 0 Å². The standard InChI is InChI=1S/C18H18BrFO/c19-15-8-9-17(20)14(11-15)12-18(21)10-4-3-6-13-5-1-2-7-16(13)18/h1-2,5,7-9,11,21H,3-4,6,10,12H2. The lowest BCUT2D eigenvalue weighted by molar-refractivity contribution is 0.0264. The highest BCUT2D eigenvalue weighted by atomic mass is 79.9. The second-order valence-corrected chi connectivity index (χ2v) is 6.72. The maximum atomic E-state index is 14.0. The Morgan fingerprint density at radius 3 is 2.81 bits per heavy atom. The van der Waals surface area contributed by atoms with Crippen LogP contribution in [0.5, 0.6) is 0 Å². The molecule has 0 spiro atoms. The van der Waals surface area contributed by atoms with Crippen molar-refractivity contribution >= 4 is 15.9 Å². The number of aryl methyl sites for hydroxylation is 1. The summed E-state index contributed by atoms with van der Waals surface area (Å²) in [6.45, 7) is 0. The molecule has 1 aliphatic carbocycles. The van der Waals surface area contributed by atoms with Crippen molar-refractivity contribution in [2.45, 2.75) is 37.7 Å². The number of hydrogen-bond donors (Lipinski definition) is 1. The normalized spacial score (nSPS) is 21.7. The predicted octanol–water partition coefficient (Wildman–Crippen LogP) is 4.74. The molecule has 110 valence electrons. The van der Waals surface area contributed by atoms with Crippen LogP contribution in [0.15, 0.2) is 46.9 Å². The summed E-state index contributed by atoms with van der Waals surface area (Å²) in [6.07, 6.45) is 4.01. The van der Waals surface area contributed by atoms with E-state index in [1.54, 1.807) is 12.1 Å². The molecule has 0 fully saturated rings. The fourth-order valence-corrected chi connectivity index (χ4v) is 3.65. The van der Waals surface area contributed by atoms with Crippen molar-refractivity contribution in [2.24, 2.45) is 0 Å². The Morgan fingerprint density at radius 2 is 1.95 bits per heavy atom. The van der Waals surface area contributed by atoms with Gasteiger partial charge in [0.15, 0.2) is 0 Å². The largest absolute Gasteiger partial charge is 0.385 e. The first-order valence-corrected chi connectivity index (χ1v) is 8.12. The molecular weight excluding hydrogens is 331 g/mol. The van der Waals surface area contributed by atoms with Crippen molar-refractivity contribution in [1.29, 1.82) is 0 Å². The van der Waals surface area contributed by atoms with Crippen LogP contribution in [0.3, 0.4) is 0 Å². The minimum Gasteiger partial charge on any atom is -0.385 e. The van der Waals surface area contributed by atoms with Gasteiger partial charge in [-0.1, -0.05) is 40.2 Å². The quantitative estimate of drug-likeness (QED) is 0.776. The van der Waals surface area contributed by atoms with Gasteiger partial charge in [0.1, 0.15) is 5.82 Å². The summed E-state index contributed by atoms with van der Waals surface area (Å²) in [5.74, 6) is -0.256. The lowest BCUT2D eigenvalue weighted by atomic mass is 9.82. The Hall–Kier alpha value is -1.19. The number of hydrogen-bond acceptors (Lipinski definition) is 1. The molecule has 1 nitrogen and oxygen atoms in total. The molecule has 3 heteroatoms. The molecule has 2 aromatic carbocycles. The Bertz CT molecular complexity index is 655. The van der Waals surface area contributed by atoms with Crippen LogP contribution >= 0.6 is 15.9 Å². The first-order chi connectivity index (χ1) is 10.1.